The second-order valence-corrected chi connectivity index (χ2v) is 2.55. The first-order chi connectivity index (χ1) is 4.72. The molecule has 0 saturated heterocycles. The molecule has 10 heavy (non-hydrogen) atoms. The highest BCUT2D eigenvalue weighted by Crippen LogP contribution is 2.03. The molecule has 0 aliphatic rings. The molecule has 1 nitrogen and oxygen atoms in total. The Labute approximate surface area is 66.2 Å². The van der Waals surface area contributed by atoms with Gasteiger partial charge in [0.05, 0.1) is 0 Å². The molecule has 0 saturated carbocycles. The van der Waals surface area contributed by atoms with Gasteiger partial charge in [-0.1, -0.05) is 34.6 Å². The smallest absolute Gasteiger partial charge is 0.00844 e. The van der Waals surface area contributed by atoms with Crippen molar-refractivity contribution in [1.82, 2.24) is 5.32 Å². The number of hydrogen-bond acceptors (Lipinski definition) is 1. The van der Waals surface area contributed by atoms with E-state index in [1.165, 1.54) is 6.42 Å². The van der Waals surface area contributed by atoms with Gasteiger partial charge in [-0.3, -0.25) is 0 Å². The van der Waals surface area contributed by atoms with E-state index >= 15 is 0 Å². The minimum Gasteiger partial charge on any atom is -0.317 e. The minimum absolute atomic E-state index is 0.704. The summed E-state index contributed by atoms with van der Waals surface area (Å²) in [7, 11) is 2.02. The van der Waals surface area contributed by atoms with E-state index in [0.29, 0.717) is 6.04 Å². The zero-order valence-corrected chi connectivity index (χ0v) is 8.36. The Bertz CT molecular complexity index is 46.7. The lowest BCUT2D eigenvalue weighted by atomic mass is 10.0. The molecular formula is C9H23N. The van der Waals surface area contributed by atoms with Crippen LogP contribution in [0.4, 0.5) is 0 Å². The van der Waals surface area contributed by atoms with Crippen LogP contribution in [0.3, 0.4) is 0 Å². The fraction of sp³-hybridized carbons (Fsp3) is 1.00. The van der Waals surface area contributed by atoms with Crippen LogP contribution < -0.4 is 5.32 Å². The molecule has 0 aromatic carbocycles. The van der Waals surface area contributed by atoms with Gasteiger partial charge in [-0.05, 0) is 19.4 Å². The van der Waals surface area contributed by atoms with Gasteiger partial charge in [0.1, 0.15) is 0 Å². The maximum absolute atomic E-state index is 3.25. The topological polar surface area (TPSA) is 12.0 Å². The van der Waals surface area contributed by atoms with Crippen molar-refractivity contribution in [2.24, 2.45) is 5.92 Å². The van der Waals surface area contributed by atoms with E-state index in [1.54, 1.807) is 0 Å². The highest BCUT2D eigenvalue weighted by atomic mass is 14.9. The highest BCUT2D eigenvalue weighted by molar-refractivity contribution is 4.64. The molecule has 64 valence electrons. The molecule has 0 rings (SSSR count). The lowest BCUT2D eigenvalue weighted by molar-refractivity contribution is 0.416. The molecule has 1 N–H and O–H groups in total. The van der Waals surface area contributed by atoms with Crippen LogP contribution in [0.5, 0.6) is 0 Å². The van der Waals surface area contributed by atoms with E-state index < -0.39 is 0 Å². The third-order valence-electron chi connectivity index (χ3n) is 1.62. The summed E-state index contributed by atoms with van der Waals surface area (Å²) >= 11 is 0. The Morgan fingerprint density at radius 1 is 1.20 bits per heavy atom. The van der Waals surface area contributed by atoms with Gasteiger partial charge in [-0.2, -0.15) is 0 Å². The van der Waals surface area contributed by atoms with E-state index in [9.17, 15) is 0 Å². The summed E-state index contributed by atoms with van der Waals surface area (Å²) in [6.45, 7) is 10.7. The molecule has 0 heterocycles. The van der Waals surface area contributed by atoms with Gasteiger partial charge in [-0.25, -0.2) is 0 Å². The lowest BCUT2D eigenvalue weighted by Gasteiger charge is -2.16. The summed E-state index contributed by atoms with van der Waals surface area (Å²) in [5, 5.41) is 3.25. The van der Waals surface area contributed by atoms with Crippen molar-refractivity contribution in [3.8, 4) is 0 Å². The average molecular weight is 145 g/mol. The number of nitrogens with one attached hydrogen (secondary N) is 1. The first-order valence-electron chi connectivity index (χ1n) is 4.39. The summed E-state index contributed by atoms with van der Waals surface area (Å²) in [6.07, 6.45) is 1.23. The third kappa shape index (κ3) is 6.09. The van der Waals surface area contributed by atoms with Crippen LogP contribution in [-0.2, 0) is 0 Å². The third-order valence-corrected chi connectivity index (χ3v) is 1.62. The second-order valence-electron chi connectivity index (χ2n) is 2.55. The highest BCUT2D eigenvalue weighted by Gasteiger charge is 2.05. The van der Waals surface area contributed by atoms with Crippen LogP contribution in [0.15, 0.2) is 0 Å². The molecular weight excluding hydrogens is 122 g/mol. The van der Waals surface area contributed by atoms with E-state index in [4.69, 9.17) is 0 Å². The summed E-state index contributed by atoms with van der Waals surface area (Å²) in [4.78, 5) is 0. The van der Waals surface area contributed by atoms with Crippen LogP contribution in [0, 0.1) is 5.92 Å². The predicted molar refractivity (Wildman–Crippen MR) is 49.3 cm³/mol. The van der Waals surface area contributed by atoms with Gasteiger partial charge in [0.25, 0.3) is 0 Å². The van der Waals surface area contributed by atoms with E-state index in [0.717, 1.165) is 5.92 Å². The van der Waals surface area contributed by atoms with Gasteiger partial charge in [0, 0.05) is 6.04 Å². The van der Waals surface area contributed by atoms with Crippen LogP contribution in [0.25, 0.3) is 0 Å². The molecule has 0 aromatic rings. The molecule has 1 heteroatoms. The van der Waals surface area contributed by atoms with Crippen LogP contribution >= 0.6 is 0 Å². The molecule has 0 aliphatic carbocycles. The Kier molecular flexibility index (Phi) is 11.3. The molecule has 0 aromatic heterocycles. The zero-order chi connectivity index (χ0) is 8.57. The van der Waals surface area contributed by atoms with Crippen molar-refractivity contribution in [1.29, 1.82) is 0 Å². The first kappa shape index (κ1) is 12.6. The Balaban J connectivity index is 0. The summed E-state index contributed by atoms with van der Waals surface area (Å²) in [5.74, 6) is 0.769. The summed E-state index contributed by atoms with van der Waals surface area (Å²) in [6, 6.07) is 0.704. The standard InChI is InChI=1S/C7H17N.C2H6/c1-5-7(8-4)6(2)3;1-2/h6-8H,5H2,1-4H3;1-2H3. The normalized spacial score (nSPS) is 12.3. The summed E-state index contributed by atoms with van der Waals surface area (Å²) < 4.78 is 0. The lowest BCUT2D eigenvalue weighted by Crippen LogP contribution is -2.29. The van der Waals surface area contributed by atoms with Crippen LogP contribution in [-0.4, -0.2) is 13.1 Å². The monoisotopic (exact) mass is 145 g/mol. The maximum Gasteiger partial charge on any atom is 0.00844 e. The van der Waals surface area contributed by atoms with Crippen molar-refractivity contribution in [2.75, 3.05) is 7.05 Å². The largest absolute Gasteiger partial charge is 0.317 e. The molecule has 0 spiro atoms. The minimum atomic E-state index is 0.704. The van der Waals surface area contributed by atoms with Gasteiger partial charge in [0.15, 0.2) is 0 Å². The molecule has 1 atom stereocenters. The van der Waals surface area contributed by atoms with Gasteiger partial charge in [0.2, 0.25) is 0 Å². The van der Waals surface area contributed by atoms with Crippen molar-refractivity contribution < 1.29 is 0 Å². The number of hydrogen-bond donors (Lipinski definition) is 1. The maximum atomic E-state index is 3.25. The van der Waals surface area contributed by atoms with Crippen molar-refractivity contribution >= 4 is 0 Å². The fourth-order valence-corrected chi connectivity index (χ4v) is 1.01. The Hall–Kier alpha value is -0.0400. The zero-order valence-electron chi connectivity index (χ0n) is 8.36. The molecule has 0 amide bonds. The molecule has 0 radical (unpaired) electrons. The molecule has 1 unspecified atom stereocenters. The van der Waals surface area contributed by atoms with Gasteiger partial charge in [-0.15, -0.1) is 0 Å². The Morgan fingerprint density at radius 2 is 1.60 bits per heavy atom. The van der Waals surface area contributed by atoms with Crippen molar-refractivity contribution in [2.45, 2.75) is 47.1 Å². The number of rotatable bonds is 3. The molecule has 0 aliphatic heterocycles. The first-order valence-corrected chi connectivity index (χ1v) is 4.39. The predicted octanol–water partition coefficient (Wildman–Crippen LogP) is 2.67. The second kappa shape index (κ2) is 8.96. The molecule has 0 fully saturated rings. The van der Waals surface area contributed by atoms with E-state index in [1.807, 2.05) is 20.9 Å². The fourth-order valence-electron chi connectivity index (χ4n) is 1.01. The van der Waals surface area contributed by atoms with E-state index in [-0.39, 0.29) is 0 Å². The quantitative estimate of drug-likeness (QED) is 0.644. The van der Waals surface area contributed by atoms with Crippen LogP contribution in [0.1, 0.15) is 41.0 Å². The summed E-state index contributed by atoms with van der Waals surface area (Å²) in [5.41, 5.74) is 0. The Morgan fingerprint density at radius 3 is 1.60 bits per heavy atom. The van der Waals surface area contributed by atoms with Gasteiger partial charge < -0.3 is 5.32 Å². The van der Waals surface area contributed by atoms with Gasteiger partial charge >= 0.3 is 0 Å². The average Bonchev–Trinajstić information content (AvgIpc) is 1.94. The SMILES string of the molecule is CC.CCC(NC)C(C)C. The van der Waals surface area contributed by atoms with Crippen molar-refractivity contribution in [3.05, 3.63) is 0 Å². The van der Waals surface area contributed by atoms with E-state index in [2.05, 4.69) is 26.1 Å². The van der Waals surface area contributed by atoms with Crippen molar-refractivity contribution in [3.63, 3.8) is 0 Å². The van der Waals surface area contributed by atoms with Crippen LogP contribution in [0.2, 0.25) is 0 Å². The molecule has 0 bridgehead atoms.